The van der Waals surface area contributed by atoms with Crippen LogP contribution >= 0.6 is 15.9 Å². The van der Waals surface area contributed by atoms with Crippen molar-refractivity contribution in [3.63, 3.8) is 0 Å². The fourth-order valence-electron chi connectivity index (χ4n) is 2.54. The van der Waals surface area contributed by atoms with Crippen LogP contribution in [0.2, 0.25) is 0 Å². The molecule has 2 heterocycles. The largest absolute Gasteiger partial charge is 0.383 e. The van der Waals surface area contributed by atoms with Gasteiger partial charge in [0.2, 0.25) is 5.91 Å². The second-order valence-electron chi connectivity index (χ2n) is 5.16. The number of benzene rings is 1. The maximum absolute atomic E-state index is 11.4. The molecule has 0 saturated carbocycles. The van der Waals surface area contributed by atoms with Crippen LogP contribution in [0, 0.1) is 11.3 Å². The SMILES string of the molecule is [2H]C([2H])([2H])n1c(-c2ccc(NC(=O)C=C)cc2)c(Br)c2c(N)ncc(C#N)c21. The molecule has 0 aliphatic heterocycles. The molecule has 25 heavy (non-hydrogen) atoms. The highest BCUT2D eigenvalue weighted by Gasteiger charge is 2.20. The van der Waals surface area contributed by atoms with Gasteiger partial charge in [-0.1, -0.05) is 18.7 Å². The molecule has 6 nitrogen and oxygen atoms in total. The van der Waals surface area contributed by atoms with Crippen molar-refractivity contribution in [1.82, 2.24) is 9.55 Å². The van der Waals surface area contributed by atoms with Crippen LogP contribution in [-0.4, -0.2) is 15.5 Å². The maximum Gasteiger partial charge on any atom is 0.247 e. The van der Waals surface area contributed by atoms with E-state index in [0.29, 0.717) is 26.8 Å². The minimum atomic E-state index is -2.57. The highest BCUT2D eigenvalue weighted by molar-refractivity contribution is 9.10. The Kier molecular flexibility index (Phi) is 3.39. The van der Waals surface area contributed by atoms with Crippen molar-refractivity contribution in [2.45, 2.75) is 0 Å². The van der Waals surface area contributed by atoms with Gasteiger partial charge in [-0.3, -0.25) is 4.79 Å². The first-order valence-electron chi connectivity index (χ1n) is 8.61. The number of hydrogen-bond donors (Lipinski definition) is 2. The van der Waals surface area contributed by atoms with Crippen LogP contribution in [0.25, 0.3) is 22.2 Å². The summed E-state index contributed by atoms with van der Waals surface area (Å²) < 4.78 is 25.5. The molecule has 0 unspecified atom stereocenters. The molecule has 7 heteroatoms. The number of fused-ring (bicyclic) bond motifs is 1. The molecule has 0 atom stereocenters. The summed E-state index contributed by atoms with van der Waals surface area (Å²) in [6, 6.07) is 8.57. The summed E-state index contributed by atoms with van der Waals surface area (Å²) in [4.78, 5) is 15.4. The Balaban J connectivity index is 2.31. The predicted octanol–water partition coefficient (Wildman–Crippen LogP) is 3.58. The van der Waals surface area contributed by atoms with Gasteiger partial charge in [-0.05, 0) is 39.7 Å². The molecule has 3 aromatic rings. The number of rotatable bonds is 3. The zero-order valence-corrected chi connectivity index (χ0v) is 14.5. The first kappa shape index (κ1) is 13.2. The Morgan fingerprint density at radius 1 is 1.52 bits per heavy atom. The van der Waals surface area contributed by atoms with Crippen molar-refractivity contribution >= 4 is 44.2 Å². The second-order valence-corrected chi connectivity index (χ2v) is 5.95. The molecule has 0 aliphatic carbocycles. The maximum atomic E-state index is 11.4. The third-order valence-electron chi connectivity index (χ3n) is 3.69. The lowest BCUT2D eigenvalue weighted by Gasteiger charge is -2.08. The fourth-order valence-corrected chi connectivity index (χ4v) is 3.33. The van der Waals surface area contributed by atoms with Gasteiger partial charge < -0.3 is 15.6 Å². The van der Waals surface area contributed by atoms with E-state index in [1.54, 1.807) is 24.3 Å². The van der Waals surface area contributed by atoms with E-state index in [-0.39, 0.29) is 22.8 Å². The molecule has 2 aromatic heterocycles. The second kappa shape index (κ2) is 6.42. The molecule has 0 aliphatic rings. The number of aromatic nitrogens is 2. The highest BCUT2D eigenvalue weighted by Crippen LogP contribution is 2.40. The van der Waals surface area contributed by atoms with Gasteiger partial charge in [-0.15, -0.1) is 0 Å². The number of nitrogens with zero attached hydrogens (tertiary/aromatic N) is 3. The first-order valence-corrected chi connectivity index (χ1v) is 7.91. The summed E-state index contributed by atoms with van der Waals surface area (Å²) in [6.45, 7) is 0.818. The highest BCUT2D eigenvalue weighted by atomic mass is 79.9. The van der Waals surface area contributed by atoms with E-state index in [1.165, 1.54) is 6.20 Å². The molecule has 1 amide bonds. The van der Waals surface area contributed by atoms with E-state index in [9.17, 15) is 10.1 Å². The summed E-state index contributed by atoms with van der Waals surface area (Å²) in [6.07, 6.45) is 2.40. The smallest absolute Gasteiger partial charge is 0.247 e. The van der Waals surface area contributed by atoms with Gasteiger partial charge in [0.1, 0.15) is 11.9 Å². The number of anilines is 2. The van der Waals surface area contributed by atoms with Crippen LogP contribution < -0.4 is 11.1 Å². The van der Waals surface area contributed by atoms with Gasteiger partial charge in [0.05, 0.1) is 26.6 Å². The summed E-state index contributed by atoms with van der Waals surface area (Å²) in [5.74, 6) is -0.247. The van der Waals surface area contributed by atoms with Gasteiger partial charge in [0.25, 0.3) is 0 Å². The number of nitriles is 1. The lowest BCUT2D eigenvalue weighted by atomic mass is 10.1. The lowest BCUT2D eigenvalue weighted by Crippen LogP contribution is -2.06. The summed E-state index contributed by atoms with van der Waals surface area (Å²) in [5.41, 5.74) is 7.66. The van der Waals surface area contributed by atoms with E-state index in [4.69, 9.17) is 9.85 Å². The Labute approximate surface area is 156 Å². The Morgan fingerprint density at radius 3 is 2.84 bits per heavy atom. The molecule has 3 N–H and O–H groups in total. The molecule has 124 valence electrons. The van der Waals surface area contributed by atoms with Crippen molar-refractivity contribution in [2.24, 2.45) is 6.98 Å². The van der Waals surface area contributed by atoms with Crippen molar-refractivity contribution < 1.29 is 8.91 Å². The van der Waals surface area contributed by atoms with Crippen LogP contribution in [0.1, 0.15) is 9.68 Å². The average molecular weight is 399 g/mol. The number of nitrogens with one attached hydrogen (secondary N) is 1. The van der Waals surface area contributed by atoms with Crippen LogP contribution in [0.3, 0.4) is 0 Å². The van der Waals surface area contributed by atoms with E-state index >= 15 is 0 Å². The third kappa shape index (κ3) is 2.77. The molecule has 3 rings (SSSR count). The Morgan fingerprint density at radius 2 is 2.24 bits per heavy atom. The van der Waals surface area contributed by atoms with Gasteiger partial charge >= 0.3 is 0 Å². The molecular formula is C18H14BrN5O. The van der Waals surface area contributed by atoms with Crippen molar-refractivity contribution in [3.8, 4) is 17.3 Å². The summed E-state index contributed by atoms with van der Waals surface area (Å²) in [7, 11) is 0. The minimum absolute atomic E-state index is 0.0992. The monoisotopic (exact) mass is 398 g/mol. The average Bonchev–Trinajstić information content (AvgIpc) is 2.97. The van der Waals surface area contributed by atoms with E-state index in [0.717, 1.165) is 10.6 Å². The molecule has 0 spiro atoms. The molecule has 0 saturated heterocycles. The number of aryl methyl sites for hydroxylation is 1. The van der Waals surface area contributed by atoms with Crippen LogP contribution in [-0.2, 0) is 11.8 Å². The van der Waals surface area contributed by atoms with E-state index < -0.39 is 6.98 Å². The van der Waals surface area contributed by atoms with Crippen molar-refractivity contribution in [2.75, 3.05) is 11.1 Å². The predicted molar refractivity (Wildman–Crippen MR) is 102 cm³/mol. The van der Waals surface area contributed by atoms with Gasteiger partial charge in [-0.2, -0.15) is 5.26 Å². The van der Waals surface area contributed by atoms with Crippen molar-refractivity contribution in [1.29, 1.82) is 5.26 Å². The Bertz CT molecular complexity index is 1140. The van der Waals surface area contributed by atoms with Crippen molar-refractivity contribution in [3.05, 3.63) is 53.2 Å². The third-order valence-corrected chi connectivity index (χ3v) is 4.46. The fraction of sp³-hybridized carbons (Fsp3) is 0.0556. The minimum Gasteiger partial charge on any atom is -0.383 e. The van der Waals surface area contributed by atoms with Gasteiger partial charge in [-0.25, -0.2) is 4.98 Å². The standard InChI is InChI=1S/C18H14BrN5O/c1-3-13(25)23-12-6-4-10(5-7-12)17-15(19)14-16(24(17)2)11(8-20)9-22-18(14)21/h3-7,9H,1H2,2H3,(H2,21,22)(H,23,25)/i2D3. The van der Waals surface area contributed by atoms with Gasteiger partial charge in [0.15, 0.2) is 0 Å². The number of nitrogens with two attached hydrogens (primary N) is 1. The Hall–Kier alpha value is -3.11. The van der Waals surface area contributed by atoms with Crippen LogP contribution in [0.5, 0.6) is 0 Å². The number of carbonyl (C=O) groups is 1. The molecule has 0 bridgehead atoms. The zero-order chi connectivity index (χ0) is 20.6. The number of pyridine rings is 1. The van der Waals surface area contributed by atoms with Gasteiger partial charge in [0, 0.05) is 23.0 Å². The quantitative estimate of drug-likeness (QED) is 0.658. The zero-order valence-electron chi connectivity index (χ0n) is 15.9. The number of hydrogen-bond acceptors (Lipinski definition) is 4. The normalized spacial score (nSPS) is 12.7. The first-order chi connectivity index (χ1) is 13.2. The van der Waals surface area contributed by atoms with Crippen LogP contribution in [0.15, 0.2) is 47.6 Å². The molecule has 0 fully saturated rings. The molecule has 0 radical (unpaired) electrons. The lowest BCUT2D eigenvalue weighted by molar-refractivity contribution is -0.111. The molecular weight excluding hydrogens is 382 g/mol. The molecule has 1 aromatic carbocycles. The number of nitrogen functional groups attached to an aromatic ring is 1. The topological polar surface area (TPSA) is 96.7 Å². The van der Waals surface area contributed by atoms with E-state index in [1.807, 2.05) is 6.07 Å². The van der Waals surface area contributed by atoms with E-state index in [2.05, 4.69) is 32.8 Å². The number of carbonyl (C=O) groups excluding carboxylic acids is 1. The summed E-state index contributed by atoms with van der Waals surface area (Å²) in [5, 5.41) is 12.4. The van der Waals surface area contributed by atoms with Crippen LogP contribution in [0.4, 0.5) is 11.5 Å². The number of amides is 1. The number of halogens is 1. The summed E-state index contributed by atoms with van der Waals surface area (Å²) >= 11 is 3.43.